The molecule has 3 nitrogen and oxygen atoms in total. The Balaban J connectivity index is 1.88. The number of hydrogen-bond donors (Lipinski definition) is 1. The number of nitrogens with zero attached hydrogens (tertiary/aromatic N) is 2. The molecule has 0 radical (unpaired) electrons. The Labute approximate surface area is 124 Å². The highest BCUT2D eigenvalue weighted by Crippen LogP contribution is 2.21. The number of benzene rings is 2. The first kappa shape index (κ1) is 13.7. The van der Waals surface area contributed by atoms with E-state index in [-0.39, 0.29) is 6.04 Å². The molecule has 2 N–H and O–H groups in total. The summed E-state index contributed by atoms with van der Waals surface area (Å²) in [5.74, 6) is 0.759. The average molecular weight is 277 g/mol. The Hall–Kier alpha value is -2.26. The van der Waals surface area contributed by atoms with E-state index in [4.69, 9.17) is 5.73 Å². The van der Waals surface area contributed by atoms with Gasteiger partial charge in [-0.05, 0) is 35.2 Å². The third kappa shape index (κ3) is 3.09. The molecule has 3 rings (SSSR count). The lowest BCUT2D eigenvalue weighted by Gasteiger charge is -2.08. The van der Waals surface area contributed by atoms with Crippen LogP contribution in [0.1, 0.15) is 18.9 Å². The number of aromatic nitrogens is 2. The molecular formula is C18H19N3. The van der Waals surface area contributed by atoms with Crippen molar-refractivity contribution in [1.82, 2.24) is 9.97 Å². The number of hydrogen-bond acceptors (Lipinski definition) is 3. The smallest absolute Gasteiger partial charge is 0.159 e. The van der Waals surface area contributed by atoms with Crippen LogP contribution in [0.2, 0.25) is 0 Å². The van der Waals surface area contributed by atoms with E-state index in [1.165, 1.54) is 10.8 Å². The highest BCUT2D eigenvalue weighted by Gasteiger charge is 2.05. The van der Waals surface area contributed by atoms with E-state index in [9.17, 15) is 0 Å². The van der Waals surface area contributed by atoms with Gasteiger partial charge >= 0.3 is 0 Å². The summed E-state index contributed by atoms with van der Waals surface area (Å²) < 4.78 is 0. The maximum absolute atomic E-state index is 5.96. The molecule has 0 aliphatic rings. The minimum atomic E-state index is 0.181. The van der Waals surface area contributed by atoms with Gasteiger partial charge in [-0.15, -0.1) is 0 Å². The quantitative estimate of drug-likeness (QED) is 0.793. The first-order valence-corrected chi connectivity index (χ1v) is 7.32. The lowest BCUT2D eigenvalue weighted by molar-refractivity contribution is 0.643. The number of rotatable bonds is 4. The molecule has 0 spiro atoms. The van der Waals surface area contributed by atoms with E-state index in [0.29, 0.717) is 0 Å². The molecule has 2 aromatic carbocycles. The zero-order valence-corrected chi connectivity index (χ0v) is 12.2. The van der Waals surface area contributed by atoms with Crippen LogP contribution in [0.25, 0.3) is 22.2 Å². The molecule has 0 aliphatic heterocycles. The number of nitrogens with two attached hydrogens (primary N) is 1. The molecule has 1 aromatic heterocycles. The average Bonchev–Trinajstić information content (AvgIpc) is 2.55. The van der Waals surface area contributed by atoms with E-state index in [2.05, 4.69) is 47.2 Å². The van der Waals surface area contributed by atoms with Crippen LogP contribution in [0.4, 0.5) is 0 Å². The largest absolute Gasteiger partial charge is 0.327 e. The standard InChI is InChI=1S/C18H19N3/c1-2-17(19)9-13-11-20-18(21-12-13)16-8-7-14-5-3-4-6-15(14)10-16/h3-8,10-12,17H,2,9,19H2,1H3. The zero-order chi connectivity index (χ0) is 14.7. The van der Waals surface area contributed by atoms with Crippen LogP contribution in [0.15, 0.2) is 54.9 Å². The van der Waals surface area contributed by atoms with Crippen LogP contribution in [-0.4, -0.2) is 16.0 Å². The molecule has 0 saturated heterocycles. The van der Waals surface area contributed by atoms with E-state index in [1.54, 1.807) is 0 Å². The molecule has 106 valence electrons. The molecular weight excluding hydrogens is 258 g/mol. The SMILES string of the molecule is CCC(N)Cc1cnc(-c2ccc3ccccc3c2)nc1. The van der Waals surface area contributed by atoms with Crippen molar-refractivity contribution in [3.8, 4) is 11.4 Å². The van der Waals surface area contributed by atoms with Crippen molar-refractivity contribution < 1.29 is 0 Å². The lowest BCUT2D eigenvalue weighted by atomic mass is 10.1. The topological polar surface area (TPSA) is 51.8 Å². The Bertz CT molecular complexity index is 735. The molecule has 0 amide bonds. The van der Waals surface area contributed by atoms with Crippen molar-refractivity contribution in [2.45, 2.75) is 25.8 Å². The van der Waals surface area contributed by atoms with E-state index >= 15 is 0 Å². The van der Waals surface area contributed by atoms with E-state index < -0.39 is 0 Å². The number of fused-ring (bicyclic) bond motifs is 1. The van der Waals surface area contributed by atoms with Crippen molar-refractivity contribution in [2.24, 2.45) is 5.73 Å². The molecule has 0 bridgehead atoms. The Kier molecular flexibility index (Phi) is 3.93. The summed E-state index contributed by atoms with van der Waals surface area (Å²) >= 11 is 0. The van der Waals surface area contributed by atoms with Gasteiger partial charge in [0.2, 0.25) is 0 Å². The van der Waals surface area contributed by atoms with Gasteiger partial charge in [-0.25, -0.2) is 9.97 Å². The van der Waals surface area contributed by atoms with Gasteiger partial charge < -0.3 is 5.73 Å². The predicted octanol–water partition coefficient (Wildman–Crippen LogP) is 3.58. The Morgan fingerprint density at radius 1 is 1.00 bits per heavy atom. The van der Waals surface area contributed by atoms with E-state index in [1.807, 2.05) is 24.5 Å². The summed E-state index contributed by atoms with van der Waals surface area (Å²) in [7, 11) is 0. The summed E-state index contributed by atoms with van der Waals surface area (Å²) in [5, 5.41) is 2.43. The van der Waals surface area contributed by atoms with Crippen LogP contribution in [0, 0.1) is 0 Å². The molecule has 1 heterocycles. The molecule has 0 saturated carbocycles. The van der Waals surface area contributed by atoms with Crippen LogP contribution in [0.3, 0.4) is 0 Å². The third-order valence-corrected chi connectivity index (χ3v) is 3.74. The second-order valence-corrected chi connectivity index (χ2v) is 5.35. The van der Waals surface area contributed by atoms with Crippen molar-refractivity contribution in [3.63, 3.8) is 0 Å². The summed E-state index contributed by atoms with van der Waals surface area (Å²) in [5.41, 5.74) is 8.09. The Morgan fingerprint density at radius 2 is 1.71 bits per heavy atom. The molecule has 3 aromatic rings. The summed E-state index contributed by atoms with van der Waals surface area (Å²) in [4.78, 5) is 8.95. The van der Waals surface area contributed by atoms with Gasteiger partial charge in [0.05, 0.1) is 0 Å². The van der Waals surface area contributed by atoms with Crippen LogP contribution >= 0.6 is 0 Å². The highest BCUT2D eigenvalue weighted by molar-refractivity contribution is 5.86. The van der Waals surface area contributed by atoms with Crippen LogP contribution in [0.5, 0.6) is 0 Å². The van der Waals surface area contributed by atoms with E-state index in [0.717, 1.165) is 29.8 Å². The fraction of sp³-hybridized carbons (Fsp3) is 0.222. The van der Waals surface area contributed by atoms with Gasteiger partial charge in [-0.3, -0.25) is 0 Å². The zero-order valence-electron chi connectivity index (χ0n) is 12.2. The Morgan fingerprint density at radius 3 is 2.43 bits per heavy atom. The van der Waals surface area contributed by atoms with Gasteiger partial charge in [0.15, 0.2) is 5.82 Å². The third-order valence-electron chi connectivity index (χ3n) is 3.74. The molecule has 21 heavy (non-hydrogen) atoms. The second kappa shape index (κ2) is 6.02. The van der Waals surface area contributed by atoms with Gasteiger partial charge in [0, 0.05) is 24.0 Å². The fourth-order valence-electron chi connectivity index (χ4n) is 2.38. The van der Waals surface area contributed by atoms with Crippen molar-refractivity contribution in [3.05, 3.63) is 60.4 Å². The monoisotopic (exact) mass is 277 g/mol. The van der Waals surface area contributed by atoms with Gasteiger partial charge in [-0.2, -0.15) is 0 Å². The van der Waals surface area contributed by atoms with Gasteiger partial charge in [0.25, 0.3) is 0 Å². The maximum Gasteiger partial charge on any atom is 0.159 e. The normalized spacial score (nSPS) is 12.5. The van der Waals surface area contributed by atoms with Crippen LogP contribution in [-0.2, 0) is 6.42 Å². The predicted molar refractivity (Wildman–Crippen MR) is 86.9 cm³/mol. The molecule has 0 aliphatic carbocycles. The van der Waals surface area contributed by atoms with Crippen molar-refractivity contribution in [1.29, 1.82) is 0 Å². The highest BCUT2D eigenvalue weighted by atomic mass is 14.9. The van der Waals surface area contributed by atoms with Gasteiger partial charge in [0.1, 0.15) is 0 Å². The molecule has 3 heteroatoms. The summed E-state index contributed by atoms with van der Waals surface area (Å²) in [6.07, 6.45) is 5.56. The minimum absolute atomic E-state index is 0.181. The first-order chi connectivity index (χ1) is 10.3. The minimum Gasteiger partial charge on any atom is -0.327 e. The first-order valence-electron chi connectivity index (χ1n) is 7.32. The van der Waals surface area contributed by atoms with Crippen LogP contribution < -0.4 is 5.73 Å². The maximum atomic E-state index is 5.96. The van der Waals surface area contributed by atoms with Gasteiger partial charge in [-0.1, -0.05) is 43.3 Å². The van der Waals surface area contributed by atoms with Crippen molar-refractivity contribution >= 4 is 10.8 Å². The van der Waals surface area contributed by atoms with Crippen molar-refractivity contribution in [2.75, 3.05) is 0 Å². The molecule has 0 fully saturated rings. The molecule has 1 unspecified atom stereocenters. The summed E-state index contributed by atoms with van der Waals surface area (Å²) in [6, 6.07) is 14.8. The summed E-state index contributed by atoms with van der Waals surface area (Å²) in [6.45, 7) is 2.09. The molecule has 1 atom stereocenters. The fourth-order valence-corrected chi connectivity index (χ4v) is 2.38. The second-order valence-electron chi connectivity index (χ2n) is 5.35. The lowest BCUT2D eigenvalue weighted by Crippen LogP contribution is -2.21.